The van der Waals surface area contributed by atoms with Crippen molar-refractivity contribution in [2.45, 2.75) is 58.5 Å². The maximum absolute atomic E-state index is 12.0. The van der Waals surface area contributed by atoms with Gasteiger partial charge in [-0.15, -0.1) is 12.4 Å². The van der Waals surface area contributed by atoms with Crippen molar-refractivity contribution in [3.8, 4) is 0 Å². The molecule has 0 aliphatic carbocycles. The quantitative estimate of drug-likeness (QED) is 0.803. The molecule has 1 saturated heterocycles. The van der Waals surface area contributed by atoms with Crippen LogP contribution in [0.5, 0.6) is 0 Å². The van der Waals surface area contributed by atoms with Gasteiger partial charge < -0.3 is 10.6 Å². The molecule has 1 aliphatic rings. The van der Waals surface area contributed by atoms with E-state index in [4.69, 9.17) is 0 Å². The number of hydrogen-bond acceptors (Lipinski definition) is 2. The van der Waals surface area contributed by atoms with Crippen LogP contribution < -0.4 is 10.6 Å². The second kappa shape index (κ2) is 6.45. The molecular weight excluding hydrogens is 224 g/mol. The Hall–Kier alpha value is -0.280. The molecule has 96 valence electrons. The third-order valence-corrected chi connectivity index (χ3v) is 3.34. The smallest absolute Gasteiger partial charge is 0.223 e. The summed E-state index contributed by atoms with van der Waals surface area (Å²) in [5.74, 6) is 0.433. The van der Waals surface area contributed by atoms with E-state index in [0.717, 1.165) is 25.8 Å². The number of piperidine rings is 1. The molecule has 2 atom stereocenters. The van der Waals surface area contributed by atoms with Gasteiger partial charge in [-0.05, 0) is 46.6 Å². The zero-order valence-corrected chi connectivity index (χ0v) is 11.6. The van der Waals surface area contributed by atoms with Crippen molar-refractivity contribution in [1.82, 2.24) is 10.6 Å². The van der Waals surface area contributed by atoms with Crippen LogP contribution in [0.1, 0.15) is 47.0 Å². The van der Waals surface area contributed by atoms with Gasteiger partial charge in [0.2, 0.25) is 5.91 Å². The summed E-state index contributed by atoms with van der Waals surface area (Å²) in [5, 5.41) is 6.49. The van der Waals surface area contributed by atoms with Crippen molar-refractivity contribution in [1.29, 1.82) is 0 Å². The Bertz CT molecular complexity index is 231. The Morgan fingerprint density at radius 3 is 2.62 bits per heavy atom. The highest BCUT2D eigenvalue weighted by molar-refractivity contribution is 5.85. The van der Waals surface area contributed by atoms with E-state index < -0.39 is 0 Å². The highest BCUT2D eigenvalue weighted by atomic mass is 35.5. The predicted octanol–water partition coefficient (Wildman–Crippen LogP) is 2.10. The number of amides is 1. The van der Waals surface area contributed by atoms with Gasteiger partial charge in [-0.1, -0.05) is 6.92 Å². The lowest BCUT2D eigenvalue weighted by Gasteiger charge is -2.31. The first-order valence-electron chi connectivity index (χ1n) is 6.00. The normalized spacial score (nSPS) is 25.8. The van der Waals surface area contributed by atoms with Crippen LogP contribution in [0.15, 0.2) is 0 Å². The van der Waals surface area contributed by atoms with Gasteiger partial charge in [0, 0.05) is 17.5 Å². The molecule has 0 aromatic heterocycles. The molecule has 0 spiro atoms. The molecule has 2 N–H and O–H groups in total. The fourth-order valence-electron chi connectivity index (χ4n) is 1.89. The number of rotatable bonds is 3. The van der Waals surface area contributed by atoms with Crippen molar-refractivity contribution in [2.75, 3.05) is 6.54 Å². The van der Waals surface area contributed by atoms with Crippen LogP contribution >= 0.6 is 12.4 Å². The van der Waals surface area contributed by atoms with Gasteiger partial charge >= 0.3 is 0 Å². The van der Waals surface area contributed by atoms with E-state index in [1.54, 1.807) is 0 Å². The predicted molar refractivity (Wildman–Crippen MR) is 69.9 cm³/mol. The zero-order valence-electron chi connectivity index (χ0n) is 10.8. The summed E-state index contributed by atoms with van der Waals surface area (Å²) >= 11 is 0. The molecular formula is C12H25ClN2O. The number of nitrogens with one attached hydrogen (secondary N) is 2. The Morgan fingerprint density at radius 1 is 1.50 bits per heavy atom. The molecule has 1 amide bonds. The Kier molecular flexibility index (Phi) is 6.34. The first-order valence-corrected chi connectivity index (χ1v) is 6.00. The minimum absolute atomic E-state index is 0. The van der Waals surface area contributed by atoms with Crippen molar-refractivity contribution in [3.63, 3.8) is 0 Å². The molecule has 0 saturated carbocycles. The third kappa shape index (κ3) is 4.71. The van der Waals surface area contributed by atoms with Gasteiger partial charge in [0.25, 0.3) is 0 Å². The van der Waals surface area contributed by atoms with E-state index in [1.165, 1.54) is 0 Å². The van der Waals surface area contributed by atoms with Crippen LogP contribution in [0.3, 0.4) is 0 Å². The van der Waals surface area contributed by atoms with E-state index in [9.17, 15) is 4.79 Å². The Balaban J connectivity index is 0.00000225. The van der Waals surface area contributed by atoms with Crippen LogP contribution in [0, 0.1) is 5.92 Å². The molecule has 4 heteroatoms. The molecule has 0 aromatic rings. The maximum Gasteiger partial charge on any atom is 0.223 e. The summed E-state index contributed by atoms with van der Waals surface area (Å²) < 4.78 is 0. The largest absolute Gasteiger partial charge is 0.351 e. The van der Waals surface area contributed by atoms with E-state index in [1.807, 2.05) is 0 Å². The Labute approximate surface area is 105 Å². The number of carbonyl (C=O) groups is 1. The van der Waals surface area contributed by atoms with Gasteiger partial charge in [0.05, 0.1) is 0 Å². The summed E-state index contributed by atoms with van der Waals surface area (Å²) in [7, 11) is 0. The molecule has 0 unspecified atom stereocenters. The maximum atomic E-state index is 12.0. The lowest BCUT2D eigenvalue weighted by Crippen LogP contribution is -2.49. The van der Waals surface area contributed by atoms with E-state index in [2.05, 4.69) is 38.3 Å². The molecule has 1 aliphatic heterocycles. The van der Waals surface area contributed by atoms with Gasteiger partial charge in [0.15, 0.2) is 0 Å². The average molecular weight is 249 g/mol. The molecule has 3 nitrogen and oxygen atoms in total. The molecule has 0 radical (unpaired) electrons. The third-order valence-electron chi connectivity index (χ3n) is 3.34. The zero-order chi connectivity index (χ0) is 11.5. The average Bonchev–Trinajstić information content (AvgIpc) is 2.17. The molecule has 0 bridgehead atoms. The van der Waals surface area contributed by atoms with Crippen LogP contribution in [-0.2, 0) is 4.79 Å². The van der Waals surface area contributed by atoms with Crippen LogP contribution in [0.4, 0.5) is 0 Å². The van der Waals surface area contributed by atoms with Crippen molar-refractivity contribution < 1.29 is 4.79 Å². The second-order valence-electron chi connectivity index (χ2n) is 5.30. The highest BCUT2D eigenvalue weighted by Crippen LogP contribution is 2.18. The summed E-state index contributed by atoms with van der Waals surface area (Å²) in [6, 6.07) is 0.472. The van der Waals surface area contributed by atoms with Gasteiger partial charge in [-0.25, -0.2) is 0 Å². The van der Waals surface area contributed by atoms with E-state index in [0.29, 0.717) is 6.04 Å². The summed E-state index contributed by atoms with van der Waals surface area (Å²) in [5.41, 5.74) is -0.0643. The molecule has 1 rings (SSSR count). The molecule has 0 aromatic carbocycles. The first-order chi connectivity index (χ1) is 6.94. The monoisotopic (exact) mass is 248 g/mol. The van der Waals surface area contributed by atoms with Gasteiger partial charge in [0.1, 0.15) is 0 Å². The minimum Gasteiger partial charge on any atom is -0.351 e. The highest BCUT2D eigenvalue weighted by Gasteiger charge is 2.27. The van der Waals surface area contributed by atoms with Crippen molar-refractivity contribution in [3.05, 3.63) is 0 Å². The Morgan fingerprint density at radius 2 is 2.12 bits per heavy atom. The molecule has 1 fully saturated rings. The van der Waals surface area contributed by atoms with Crippen LogP contribution in [0.2, 0.25) is 0 Å². The van der Waals surface area contributed by atoms with Crippen LogP contribution in [0.25, 0.3) is 0 Å². The van der Waals surface area contributed by atoms with Gasteiger partial charge in [-0.3, -0.25) is 4.79 Å². The van der Waals surface area contributed by atoms with Crippen molar-refractivity contribution in [2.24, 2.45) is 5.92 Å². The van der Waals surface area contributed by atoms with E-state index in [-0.39, 0.29) is 29.8 Å². The first kappa shape index (κ1) is 15.7. The summed E-state index contributed by atoms with van der Waals surface area (Å²) in [6.45, 7) is 9.37. The standard InChI is InChI=1S/C12H24N2O.ClH/c1-5-12(3,4)14-11(15)10-6-7-13-9(2)8-10;/h9-10,13H,5-8H2,1-4H3,(H,14,15);1H/t9-,10-;/m0./s1. The number of carbonyl (C=O) groups excluding carboxylic acids is 1. The van der Waals surface area contributed by atoms with Gasteiger partial charge in [-0.2, -0.15) is 0 Å². The number of hydrogen-bond donors (Lipinski definition) is 2. The summed E-state index contributed by atoms with van der Waals surface area (Å²) in [6.07, 6.45) is 2.90. The SMILES string of the molecule is CCC(C)(C)NC(=O)[C@H]1CCN[C@@H](C)C1.Cl. The van der Waals surface area contributed by atoms with Crippen molar-refractivity contribution >= 4 is 18.3 Å². The topological polar surface area (TPSA) is 41.1 Å². The molecule has 16 heavy (non-hydrogen) atoms. The lowest BCUT2D eigenvalue weighted by atomic mass is 9.91. The van der Waals surface area contributed by atoms with Crippen LogP contribution in [-0.4, -0.2) is 24.0 Å². The fraction of sp³-hybridized carbons (Fsp3) is 0.917. The summed E-state index contributed by atoms with van der Waals surface area (Å²) in [4.78, 5) is 12.0. The molecule has 1 heterocycles. The number of halogens is 1. The minimum atomic E-state index is -0.0643. The second-order valence-corrected chi connectivity index (χ2v) is 5.30. The van der Waals surface area contributed by atoms with E-state index >= 15 is 0 Å². The fourth-order valence-corrected chi connectivity index (χ4v) is 1.89. The lowest BCUT2D eigenvalue weighted by molar-refractivity contribution is -0.127.